The van der Waals surface area contributed by atoms with Crippen LogP contribution in [0.5, 0.6) is 0 Å². The number of methoxy groups -OCH3 is 1. The second-order valence-corrected chi connectivity index (χ2v) is 5.79. The van der Waals surface area contributed by atoms with E-state index in [0.717, 1.165) is 18.5 Å². The number of hydrogen-bond donors (Lipinski definition) is 1. The molecule has 7 nitrogen and oxygen atoms in total. The van der Waals surface area contributed by atoms with E-state index in [1.807, 2.05) is 0 Å². The van der Waals surface area contributed by atoms with E-state index in [9.17, 15) is 9.59 Å². The quantitative estimate of drug-likeness (QED) is 0.840. The smallest absolute Gasteiger partial charge is 0.231 e. The van der Waals surface area contributed by atoms with Crippen molar-refractivity contribution in [2.24, 2.45) is 5.92 Å². The van der Waals surface area contributed by atoms with Gasteiger partial charge in [0.2, 0.25) is 11.8 Å². The molecule has 2 amide bonds. The molecule has 7 heteroatoms. The van der Waals surface area contributed by atoms with Crippen molar-refractivity contribution in [2.45, 2.75) is 25.2 Å². The van der Waals surface area contributed by atoms with E-state index in [1.165, 1.54) is 0 Å². The summed E-state index contributed by atoms with van der Waals surface area (Å²) in [5, 5.41) is 2.85. The molecule has 2 heterocycles. The number of amides is 2. The molecule has 0 aromatic carbocycles. The normalized spacial score (nSPS) is 21.2. The molecular weight excluding hydrogens is 284 g/mol. The van der Waals surface area contributed by atoms with Crippen LogP contribution in [-0.4, -0.2) is 53.5 Å². The van der Waals surface area contributed by atoms with Gasteiger partial charge in [0.1, 0.15) is 0 Å². The van der Waals surface area contributed by atoms with E-state index in [2.05, 4.69) is 15.3 Å². The molecule has 0 spiro atoms. The van der Waals surface area contributed by atoms with E-state index in [-0.39, 0.29) is 24.2 Å². The Morgan fingerprint density at radius 1 is 1.41 bits per heavy atom. The van der Waals surface area contributed by atoms with Crippen molar-refractivity contribution >= 4 is 17.6 Å². The van der Waals surface area contributed by atoms with Crippen LogP contribution in [-0.2, 0) is 14.3 Å². The van der Waals surface area contributed by atoms with Gasteiger partial charge in [-0.25, -0.2) is 4.98 Å². The number of nitrogens with zero attached hydrogens (tertiary/aromatic N) is 3. The van der Waals surface area contributed by atoms with E-state index in [4.69, 9.17) is 4.74 Å². The first kappa shape index (κ1) is 14.9. The van der Waals surface area contributed by atoms with Gasteiger partial charge in [0, 0.05) is 44.9 Å². The van der Waals surface area contributed by atoms with Gasteiger partial charge in [-0.2, -0.15) is 0 Å². The van der Waals surface area contributed by atoms with Gasteiger partial charge in [-0.15, -0.1) is 0 Å². The molecular formula is C15H20N4O3. The zero-order valence-corrected chi connectivity index (χ0v) is 12.6. The molecule has 0 radical (unpaired) electrons. The van der Waals surface area contributed by atoms with Crippen molar-refractivity contribution < 1.29 is 14.3 Å². The SMILES string of the molecule is COCCN1CC(C(=O)Nc2nccnc2C2CC2)CC1=O. The summed E-state index contributed by atoms with van der Waals surface area (Å²) in [5.74, 6) is 0.457. The minimum Gasteiger partial charge on any atom is -0.383 e. The summed E-state index contributed by atoms with van der Waals surface area (Å²) in [6, 6.07) is 0. The van der Waals surface area contributed by atoms with Crippen LogP contribution in [0, 0.1) is 5.92 Å². The highest BCUT2D eigenvalue weighted by atomic mass is 16.5. The summed E-state index contributed by atoms with van der Waals surface area (Å²) in [4.78, 5) is 34.5. The third kappa shape index (κ3) is 3.24. The van der Waals surface area contributed by atoms with Crippen LogP contribution >= 0.6 is 0 Å². The van der Waals surface area contributed by atoms with Gasteiger partial charge in [0.15, 0.2) is 5.82 Å². The molecule has 1 aliphatic heterocycles. The second kappa shape index (κ2) is 6.39. The maximum absolute atomic E-state index is 12.4. The largest absolute Gasteiger partial charge is 0.383 e. The maximum atomic E-state index is 12.4. The fourth-order valence-electron chi connectivity index (χ4n) is 2.68. The number of ether oxygens (including phenoxy) is 1. The number of rotatable bonds is 6. The minimum absolute atomic E-state index is 0.00115. The van der Waals surface area contributed by atoms with E-state index in [0.29, 0.717) is 31.4 Å². The zero-order valence-electron chi connectivity index (χ0n) is 12.6. The molecule has 1 aliphatic carbocycles. The van der Waals surface area contributed by atoms with Crippen molar-refractivity contribution in [1.29, 1.82) is 0 Å². The molecule has 118 valence electrons. The van der Waals surface area contributed by atoms with Crippen molar-refractivity contribution in [3.05, 3.63) is 18.1 Å². The average molecular weight is 304 g/mol. The van der Waals surface area contributed by atoms with Crippen molar-refractivity contribution in [2.75, 3.05) is 32.1 Å². The molecule has 2 fully saturated rings. The van der Waals surface area contributed by atoms with Crippen molar-refractivity contribution in [3.63, 3.8) is 0 Å². The lowest BCUT2D eigenvalue weighted by molar-refractivity contribution is -0.128. The van der Waals surface area contributed by atoms with Crippen molar-refractivity contribution in [1.82, 2.24) is 14.9 Å². The molecule has 0 bridgehead atoms. The fourth-order valence-corrected chi connectivity index (χ4v) is 2.68. The lowest BCUT2D eigenvalue weighted by atomic mass is 10.1. The van der Waals surface area contributed by atoms with Crippen LogP contribution < -0.4 is 5.32 Å². The monoisotopic (exact) mass is 304 g/mol. The van der Waals surface area contributed by atoms with Crippen LogP contribution in [0.3, 0.4) is 0 Å². The highest BCUT2D eigenvalue weighted by Gasteiger charge is 2.35. The maximum Gasteiger partial charge on any atom is 0.231 e. The fraction of sp³-hybridized carbons (Fsp3) is 0.600. The predicted octanol–water partition coefficient (Wildman–Crippen LogP) is 0.787. The third-order valence-electron chi connectivity index (χ3n) is 4.08. The standard InChI is InChI=1S/C15H20N4O3/c1-22-7-6-19-9-11(8-12(19)20)15(21)18-14-13(10-2-3-10)16-4-5-17-14/h4-5,10-11H,2-3,6-9H2,1H3,(H,17,18,21). The minimum atomic E-state index is -0.335. The van der Waals surface area contributed by atoms with Gasteiger partial charge < -0.3 is 15.0 Å². The Bertz CT molecular complexity index is 574. The number of nitrogens with one attached hydrogen (secondary N) is 1. The first-order chi connectivity index (χ1) is 10.7. The zero-order chi connectivity index (χ0) is 15.5. The molecule has 1 atom stereocenters. The number of likely N-dealkylation sites (tertiary alicyclic amines) is 1. The highest BCUT2D eigenvalue weighted by Crippen LogP contribution is 2.41. The van der Waals surface area contributed by atoms with Crippen LogP contribution in [0.4, 0.5) is 5.82 Å². The average Bonchev–Trinajstić information content (AvgIpc) is 3.29. The Morgan fingerprint density at radius 3 is 2.91 bits per heavy atom. The Balaban J connectivity index is 1.62. The second-order valence-electron chi connectivity index (χ2n) is 5.79. The topological polar surface area (TPSA) is 84.4 Å². The summed E-state index contributed by atoms with van der Waals surface area (Å²) < 4.78 is 4.98. The molecule has 1 saturated heterocycles. The third-order valence-corrected chi connectivity index (χ3v) is 4.08. The van der Waals surface area contributed by atoms with Crippen LogP contribution in [0.15, 0.2) is 12.4 Å². The van der Waals surface area contributed by atoms with Gasteiger partial charge in [-0.3, -0.25) is 14.6 Å². The number of hydrogen-bond acceptors (Lipinski definition) is 5. The lowest BCUT2D eigenvalue weighted by Gasteiger charge is -2.16. The van der Waals surface area contributed by atoms with Crippen molar-refractivity contribution in [3.8, 4) is 0 Å². The van der Waals surface area contributed by atoms with Crippen LogP contribution in [0.25, 0.3) is 0 Å². The first-order valence-corrected chi connectivity index (χ1v) is 7.57. The molecule has 1 saturated carbocycles. The Morgan fingerprint density at radius 2 is 2.18 bits per heavy atom. The molecule has 1 unspecified atom stereocenters. The summed E-state index contributed by atoms with van der Waals surface area (Å²) in [7, 11) is 1.60. The molecule has 3 rings (SSSR count). The van der Waals surface area contributed by atoms with Gasteiger partial charge in [-0.1, -0.05) is 0 Å². The Hall–Kier alpha value is -2.02. The van der Waals surface area contributed by atoms with Gasteiger partial charge in [-0.05, 0) is 12.8 Å². The number of carbonyl (C=O) groups is 2. The summed E-state index contributed by atoms with van der Waals surface area (Å²) >= 11 is 0. The van der Waals surface area contributed by atoms with Gasteiger partial charge >= 0.3 is 0 Å². The molecule has 1 aromatic rings. The van der Waals surface area contributed by atoms with Gasteiger partial charge in [0.25, 0.3) is 0 Å². The number of carbonyl (C=O) groups excluding carboxylic acids is 2. The van der Waals surface area contributed by atoms with Crippen LogP contribution in [0.2, 0.25) is 0 Å². The molecule has 1 N–H and O–H groups in total. The van der Waals surface area contributed by atoms with E-state index < -0.39 is 0 Å². The number of aromatic nitrogens is 2. The highest BCUT2D eigenvalue weighted by molar-refractivity contribution is 5.97. The molecule has 22 heavy (non-hydrogen) atoms. The summed E-state index contributed by atoms with van der Waals surface area (Å²) in [5.41, 5.74) is 0.858. The number of anilines is 1. The molecule has 2 aliphatic rings. The van der Waals surface area contributed by atoms with E-state index >= 15 is 0 Å². The summed E-state index contributed by atoms with van der Waals surface area (Å²) in [6.07, 6.45) is 5.65. The summed E-state index contributed by atoms with van der Waals surface area (Å²) in [6.45, 7) is 1.45. The first-order valence-electron chi connectivity index (χ1n) is 7.57. The predicted molar refractivity (Wildman–Crippen MR) is 79.2 cm³/mol. The Labute approximate surface area is 129 Å². The van der Waals surface area contributed by atoms with Crippen LogP contribution in [0.1, 0.15) is 30.9 Å². The van der Waals surface area contributed by atoms with Gasteiger partial charge in [0.05, 0.1) is 18.2 Å². The van der Waals surface area contributed by atoms with E-state index in [1.54, 1.807) is 24.4 Å². The lowest BCUT2D eigenvalue weighted by Crippen LogP contribution is -2.31. The molecule has 1 aromatic heterocycles. The Kier molecular flexibility index (Phi) is 4.33.